The van der Waals surface area contributed by atoms with Crippen molar-refractivity contribution in [3.63, 3.8) is 0 Å². The van der Waals surface area contributed by atoms with Gasteiger partial charge in [-0.1, -0.05) is 0 Å². The summed E-state index contributed by atoms with van der Waals surface area (Å²) in [7, 11) is 1.31. The highest BCUT2D eigenvalue weighted by Crippen LogP contribution is 2.15. The van der Waals surface area contributed by atoms with Crippen LogP contribution in [0.1, 0.15) is 6.42 Å². The van der Waals surface area contributed by atoms with E-state index < -0.39 is 24.7 Å². The van der Waals surface area contributed by atoms with Gasteiger partial charge in [0.15, 0.2) is 0 Å². The molecular formula is C7H14F3N3O. The molecule has 0 fully saturated rings. The largest absolute Gasteiger partial charge is 0.401 e. The smallest absolute Gasteiger partial charge is 0.368 e. The molecule has 0 saturated carbocycles. The molecule has 0 aromatic heterocycles. The lowest BCUT2D eigenvalue weighted by Gasteiger charge is -2.19. The molecule has 0 saturated heterocycles. The van der Waals surface area contributed by atoms with Gasteiger partial charge < -0.3 is 11.5 Å². The lowest BCUT2D eigenvalue weighted by atomic mass is 10.2. The Kier molecular flexibility index (Phi) is 4.86. The first-order valence-electron chi connectivity index (χ1n) is 4.02. The maximum Gasteiger partial charge on any atom is 0.401 e. The summed E-state index contributed by atoms with van der Waals surface area (Å²) >= 11 is 0. The van der Waals surface area contributed by atoms with Crippen LogP contribution in [-0.4, -0.2) is 43.2 Å². The molecule has 1 unspecified atom stereocenters. The van der Waals surface area contributed by atoms with Crippen LogP contribution in [0.25, 0.3) is 0 Å². The monoisotopic (exact) mass is 213 g/mol. The molecule has 0 heterocycles. The van der Waals surface area contributed by atoms with Crippen LogP contribution in [0, 0.1) is 0 Å². The highest BCUT2D eigenvalue weighted by Gasteiger charge is 2.29. The zero-order valence-corrected chi connectivity index (χ0v) is 7.84. The number of halogens is 3. The molecule has 0 aromatic rings. The van der Waals surface area contributed by atoms with E-state index >= 15 is 0 Å². The van der Waals surface area contributed by atoms with Crippen LogP contribution in [0.3, 0.4) is 0 Å². The predicted octanol–water partition coefficient (Wildman–Crippen LogP) is -0.317. The first-order chi connectivity index (χ1) is 6.22. The third kappa shape index (κ3) is 6.67. The summed E-state index contributed by atoms with van der Waals surface area (Å²) in [4.78, 5) is 11.5. The highest BCUT2D eigenvalue weighted by atomic mass is 19.4. The molecule has 0 aliphatic heterocycles. The molecular weight excluding hydrogens is 199 g/mol. The third-order valence-corrected chi connectivity index (χ3v) is 1.64. The third-order valence-electron chi connectivity index (χ3n) is 1.64. The summed E-state index contributed by atoms with van der Waals surface area (Å²) in [5.74, 6) is -0.703. The molecule has 0 bridgehead atoms. The van der Waals surface area contributed by atoms with Gasteiger partial charge in [-0.3, -0.25) is 9.69 Å². The Labute approximate surface area is 80.0 Å². The van der Waals surface area contributed by atoms with Gasteiger partial charge in [-0.05, 0) is 13.5 Å². The summed E-state index contributed by atoms with van der Waals surface area (Å²) in [6.45, 7) is -0.928. The second-order valence-electron chi connectivity index (χ2n) is 3.15. The van der Waals surface area contributed by atoms with Gasteiger partial charge in [0, 0.05) is 6.54 Å². The zero-order chi connectivity index (χ0) is 11.4. The number of hydrogen-bond donors (Lipinski definition) is 2. The van der Waals surface area contributed by atoms with Gasteiger partial charge in [0.2, 0.25) is 5.91 Å². The number of nitrogens with two attached hydrogens (primary N) is 2. The summed E-state index contributed by atoms with van der Waals surface area (Å²) in [5, 5.41) is 0. The van der Waals surface area contributed by atoms with Crippen LogP contribution in [0.5, 0.6) is 0 Å². The molecule has 14 heavy (non-hydrogen) atoms. The molecule has 0 spiro atoms. The van der Waals surface area contributed by atoms with Gasteiger partial charge in [-0.2, -0.15) is 13.2 Å². The molecule has 0 rings (SSSR count). The second kappa shape index (κ2) is 5.16. The Balaban J connectivity index is 3.74. The Hall–Kier alpha value is -0.820. The van der Waals surface area contributed by atoms with Crippen molar-refractivity contribution in [2.24, 2.45) is 11.5 Å². The first kappa shape index (κ1) is 13.2. The number of alkyl halides is 3. The van der Waals surface area contributed by atoms with E-state index in [0.29, 0.717) is 0 Å². The number of nitrogens with zero attached hydrogens (tertiary/aromatic N) is 1. The average Bonchev–Trinajstić information content (AvgIpc) is 1.96. The summed E-state index contributed by atoms with van der Waals surface area (Å²) in [6, 6.07) is -0.884. The maximum atomic E-state index is 11.8. The molecule has 7 heteroatoms. The minimum Gasteiger partial charge on any atom is -0.368 e. The Bertz CT molecular complexity index is 195. The number of carbonyl (C=O) groups excluding carboxylic acids is 1. The van der Waals surface area contributed by atoms with Crippen molar-refractivity contribution >= 4 is 5.91 Å². The van der Waals surface area contributed by atoms with Crippen molar-refractivity contribution in [3.8, 4) is 0 Å². The topological polar surface area (TPSA) is 72.3 Å². The van der Waals surface area contributed by atoms with Crippen LogP contribution in [0.15, 0.2) is 0 Å². The van der Waals surface area contributed by atoms with Crippen molar-refractivity contribution in [1.82, 2.24) is 4.90 Å². The number of amides is 1. The van der Waals surface area contributed by atoms with Crippen molar-refractivity contribution in [1.29, 1.82) is 0 Å². The van der Waals surface area contributed by atoms with Crippen LogP contribution in [0.2, 0.25) is 0 Å². The van der Waals surface area contributed by atoms with Crippen LogP contribution in [-0.2, 0) is 4.79 Å². The van der Waals surface area contributed by atoms with Gasteiger partial charge >= 0.3 is 6.18 Å². The van der Waals surface area contributed by atoms with E-state index in [-0.39, 0.29) is 13.0 Å². The first-order valence-corrected chi connectivity index (χ1v) is 4.02. The van der Waals surface area contributed by atoms with Crippen LogP contribution >= 0.6 is 0 Å². The minimum atomic E-state index is -4.23. The lowest BCUT2D eigenvalue weighted by molar-refractivity contribution is -0.143. The molecule has 84 valence electrons. The van der Waals surface area contributed by atoms with Gasteiger partial charge in [-0.15, -0.1) is 0 Å². The minimum absolute atomic E-state index is 0.0869. The van der Waals surface area contributed by atoms with E-state index in [1.54, 1.807) is 0 Å². The van der Waals surface area contributed by atoms with Gasteiger partial charge in [0.25, 0.3) is 0 Å². The molecule has 0 aliphatic rings. The summed E-state index contributed by atoms with van der Waals surface area (Å²) in [6.07, 6.45) is -4.10. The normalized spacial score (nSPS) is 14.4. The van der Waals surface area contributed by atoms with Crippen molar-refractivity contribution in [2.75, 3.05) is 20.1 Å². The zero-order valence-electron chi connectivity index (χ0n) is 7.84. The van der Waals surface area contributed by atoms with E-state index in [2.05, 4.69) is 0 Å². The van der Waals surface area contributed by atoms with Gasteiger partial charge in [0.1, 0.15) is 0 Å². The number of rotatable bonds is 5. The van der Waals surface area contributed by atoms with Crippen molar-refractivity contribution in [2.45, 2.75) is 18.6 Å². The van der Waals surface area contributed by atoms with E-state index in [1.165, 1.54) is 7.05 Å². The molecule has 0 aliphatic carbocycles. The standard InChI is InChI=1S/C7H14F3N3O/c1-13(4-7(8,9)10)3-2-5(11)6(12)14/h5H,2-4,11H2,1H3,(H2,12,14). The summed E-state index contributed by atoms with van der Waals surface area (Å²) < 4.78 is 35.5. The Morgan fingerprint density at radius 2 is 2.00 bits per heavy atom. The quantitative estimate of drug-likeness (QED) is 0.657. The Morgan fingerprint density at radius 3 is 2.36 bits per heavy atom. The molecule has 1 atom stereocenters. The van der Waals surface area contributed by atoms with Crippen molar-refractivity contribution < 1.29 is 18.0 Å². The molecule has 0 radical (unpaired) electrons. The predicted molar refractivity (Wildman–Crippen MR) is 45.3 cm³/mol. The summed E-state index contributed by atoms with van der Waals surface area (Å²) in [5.41, 5.74) is 10.1. The fraction of sp³-hybridized carbons (Fsp3) is 0.857. The average molecular weight is 213 g/mol. The van der Waals surface area contributed by atoms with Crippen molar-refractivity contribution in [3.05, 3.63) is 0 Å². The number of primary amides is 1. The maximum absolute atomic E-state index is 11.8. The second-order valence-corrected chi connectivity index (χ2v) is 3.15. The van der Waals surface area contributed by atoms with Gasteiger partial charge in [-0.25, -0.2) is 0 Å². The fourth-order valence-corrected chi connectivity index (χ4v) is 0.887. The molecule has 1 amide bonds. The van der Waals surface area contributed by atoms with E-state index in [4.69, 9.17) is 11.5 Å². The van der Waals surface area contributed by atoms with E-state index in [1.807, 2.05) is 0 Å². The van der Waals surface area contributed by atoms with E-state index in [0.717, 1.165) is 4.90 Å². The highest BCUT2D eigenvalue weighted by molar-refractivity contribution is 5.79. The Morgan fingerprint density at radius 1 is 1.50 bits per heavy atom. The van der Waals surface area contributed by atoms with Crippen LogP contribution < -0.4 is 11.5 Å². The SMILES string of the molecule is CN(CCC(N)C(N)=O)CC(F)(F)F. The fourth-order valence-electron chi connectivity index (χ4n) is 0.887. The number of hydrogen-bond acceptors (Lipinski definition) is 3. The molecule has 4 nitrogen and oxygen atoms in total. The van der Waals surface area contributed by atoms with E-state index in [9.17, 15) is 18.0 Å². The van der Waals surface area contributed by atoms with Crippen LogP contribution in [0.4, 0.5) is 13.2 Å². The van der Waals surface area contributed by atoms with Gasteiger partial charge in [0.05, 0.1) is 12.6 Å². The molecule has 4 N–H and O–H groups in total. The molecule has 0 aromatic carbocycles. The lowest BCUT2D eigenvalue weighted by Crippen LogP contribution is -2.40. The number of carbonyl (C=O) groups is 1.